The van der Waals surface area contributed by atoms with Gasteiger partial charge in [0.2, 0.25) is 0 Å². The van der Waals surface area contributed by atoms with Crippen LogP contribution >= 0.6 is 0 Å². The van der Waals surface area contributed by atoms with E-state index in [2.05, 4.69) is 0 Å². The fourth-order valence-electron chi connectivity index (χ4n) is 1.57. The minimum Gasteiger partial charge on any atom is -0.458 e. The van der Waals surface area contributed by atoms with Crippen molar-refractivity contribution in [1.29, 1.82) is 0 Å². The highest BCUT2D eigenvalue weighted by molar-refractivity contribution is 5.86. The van der Waals surface area contributed by atoms with Crippen LogP contribution in [0.25, 0.3) is 6.08 Å². The van der Waals surface area contributed by atoms with Crippen LogP contribution in [0.1, 0.15) is 16.9 Å². The molecule has 0 saturated heterocycles. The number of benzene rings is 1. The Morgan fingerprint density at radius 3 is 2.62 bits per heavy atom. The molecule has 6 heteroatoms. The van der Waals surface area contributed by atoms with E-state index in [1.54, 1.807) is 0 Å². The zero-order valence-electron chi connectivity index (χ0n) is 11.3. The Morgan fingerprint density at radius 2 is 2.00 bits per heavy atom. The van der Waals surface area contributed by atoms with Crippen LogP contribution in [0.2, 0.25) is 0 Å². The molecule has 0 spiro atoms. The van der Waals surface area contributed by atoms with Crippen molar-refractivity contribution < 1.29 is 18.9 Å². The van der Waals surface area contributed by atoms with Gasteiger partial charge in [-0.15, -0.1) is 0 Å². The Morgan fingerprint density at radius 1 is 1.29 bits per heavy atom. The maximum atomic E-state index is 11.5. The Bertz CT molecular complexity index is 670. The average molecular weight is 287 g/mol. The van der Waals surface area contributed by atoms with E-state index in [4.69, 9.17) is 9.15 Å². The summed E-state index contributed by atoms with van der Waals surface area (Å²) < 4.78 is 9.92. The third kappa shape index (κ3) is 4.31. The van der Waals surface area contributed by atoms with E-state index in [0.29, 0.717) is 0 Å². The van der Waals surface area contributed by atoms with Gasteiger partial charge in [0.1, 0.15) is 17.3 Å². The van der Waals surface area contributed by atoms with Gasteiger partial charge >= 0.3 is 11.9 Å². The van der Waals surface area contributed by atoms with Gasteiger partial charge in [-0.1, -0.05) is 29.8 Å². The molecule has 1 aromatic heterocycles. The van der Waals surface area contributed by atoms with Crippen molar-refractivity contribution in [3.8, 4) is 0 Å². The number of nitro groups is 1. The lowest BCUT2D eigenvalue weighted by Gasteiger charge is -2.02. The fraction of sp³-hybridized carbons (Fsp3) is 0.133. The summed E-state index contributed by atoms with van der Waals surface area (Å²) in [4.78, 5) is 21.3. The molecule has 0 unspecified atom stereocenters. The number of carbonyl (C=O) groups excluding carboxylic acids is 1. The normalized spacial score (nSPS) is 10.7. The molecule has 0 fully saturated rings. The number of nitrogens with zero attached hydrogens (tertiary/aromatic N) is 1. The Labute approximate surface area is 120 Å². The van der Waals surface area contributed by atoms with Crippen LogP contribution < -0.4 is 0 Å². The number of hydrogen-bond donors (Lipinski definition) is 0. The average Bonchev–Trinajstić information content (AvgIpc) is 2.93. The molecule has 0 aliphatic heterocycles. The number of furan rings is 1. The van der Waals surface area contributed by atoms with Gasteiger partial charge in [0.05, 0.1) is 6.07 Å². The zero-order chi connectivity index (χ0) is 15.2. The molecule has 0 saturated carbocycles. The lowest BCUT2D eigenvalue weighted by Crippen LogP contribution is -2.00. The van der Waals surface area contributed by atoms with Gasteiger partial charge in [-0.3, -0.25) is 10.1 Å². The molecular formula is C15H13NO5. The molecule has 0 N–H and O–H groups in total. The number of ether oxygens (including phenoxy) is 1. The van der Waals surface area contributed by atoms with E-state index in [-0.39, 0.29) is 18.3 Å². The largest absolute Gasteiger partial charge is 0.458 e. The molecule has 0 atom stereocenters. The first-order valence-electron chi connectivity index (χ1n) is 6.19. The quantitative estimate of drug-likeness (QED) is 0.365. The summed E-state index contributed by atoms with van der Waals surface area (Å²) in [5.41, 5.74) is 2.01. The van der Waals surface area contributed by atoms with Crippen molar-refractivity contribution in [1.82, 2.24) is 0 Å². The first kappa shape index (κ1) is 14.5. The van der Waals surface area contributed by atoms with E-state index in [1.165, 1.54) is 18.2 Å². The highest BCUT2D eigenvalue weighted by Crippen LogP contribution is 2.16. The van der Waals surface area contributed by atoms with Crippen LogP contribution in [0.5, 0.6) is 0 Å². The molecule has 0 amide bonds. The number of aryl methyl sites for hydroxylation is 1. The second-order valence-electron chi connectivity index (χ2n) is 4.36. The summed E-state index contributed by atoms with van der Waals surface area (Å²) >= 11 is 0. The van der Waals surface area contributed by atoms with Crippen molar-refractivity contribution in [2.45, 2.75) is 13.5 Å². The summed E-state index contributed by atoms with van der Waals surface area (Å²) in [7, 11) is 0. The SMILES string of the molecule is Cc1ccc(COC(=O)/C=C/c2ccc([N+](=O)[O-])o2)cc1. The van der Waals surface area contributed by atoms with Gasteiger partial charge in [-0.2, -0.15) is 0 Å². The van der Waals surface area contributed by atoms with Crippen molar-refractivity contribution in [3.05, 3.63) is 69.5 Å². The van der Waals surface area contributed by atoms with E-state index in [1.807, 2.05) is 31.2 Å². The van der Waals surface area contributed by atoms with E-state index in [9.17, 15) is 14.9 Å². The van der Waals surface area contributed by atoms with E-state index < -0.39 is 10.9 Å². The summed E-state index contributed by atoms with van der Waals surface area (Å²) in [5.74, 6) is -0.703. The Balaban J connectivity index is 1.87. The Hall–Kier alpha value is -2.89. The van der Waals surface area contributed by atoms with E-state index >= 15 is 0 Å². The molecule has 2 aromatic rings. The molecule has 0 radical (unpaired) electrons. The van der Waals surface area contributed by atoms with Crippen LogP contribution in [-0.4, -0.2) is 10.9 Å². The molecule has 0 aliphatic rings. The van der Waals surface area contributed by atoms with Crippen LogP contribution in [0.3, 0.4) is 0 Å². The van der Waals surface area contributed by atoms with Crippen molar-refractivity contribution in [3.63, 3.8) is 0 Å². The molecule has 1 heterocycles. The number of hydrogen-bond acceptors (Lipinski definition) is 5. The summed E-state index contributed by atoms with van der Waals surface area (Å²) in [6, 6.07) is 10.2. The van der Waals surface area contributed by atoms with Crippen LogP contribution in [-0.2, 0) is 16.1 Å². The predicted molar refractivity (Wildman–Crippen MR) is 75.4 cm³/mol. The van der Waals surface area contributed by atoms with Crippen molar-refractivity contribution in [2.24, 2.45) is 0 Å². The molecule has 21 heavy (non-hydrogen) atoms. The highest BCUT2D eigenvalue weighted by Gasteiger charge is 2.10. The molecule has 1 aromatic carbocycles. The van der Waals surface area contributed by atoms with Gasteiger partial charge < -0.3 is 9.15 Å². The summed E-state index contributed by atoms with van der Waals surface area (Å²) in [5, 5.41) is 10.4. The van der Waals surface area contributed by atoms with Crippen LogP contribution in [0, 0.1) is 17.0 Å². The molecule has 108 valence electrons. The van der Waals surface area contributed by atoms with Crippen LogP contribution in [0.4, 0.5) is 5.88 Å². The summed E-state index contributed by atoms with van der Waals surface area (Å²) in [6.07, 6.45) is 2.49. The van der Waals surface area contributed by atoms with Crippen molar-refractivity contribution >= 4 is 17.9 Å². The summed E-state index contributed by atoms with van der Waals surface area (Å²) in [6.45, 7) is 2.14. The minimum absolute atomic E-state index is 0.168. The number of carbonyl (C=O) groups is 1. The first-order valence-corrected chi connectivity index (χ1v) is 6.19. The molecule has 6 nitrogen and oxygen atoms in total. The maximum absolute atomic E-state index is 11.5. The maximum Gasteiger partial charge on any atom is 0.433 e. The lowest BCUT2D eigenvalue weighted by molar-refractivity contribution is -0.402. The smallest absolute Gasteiger partial charge is 0.433 e. The standard InChI is InChI=1S/C15H13NO5/c1-11-2-4-12(5-3-11)10-20-15(17)9-7-13-6-8-14(21-13)16(18)19/h2-9H,10H2,1H3/b9-7+. The molecular weight excluding hydrogens is 274 g/mol. The van der Waals surface area contributed by atoms with E-state index in [0.717, 1.165) is 17.2 Å². The monoisotopic (exact) mass is 287 g/mol. The van der Waals surface area contributed by atoms with Gasteiger partial charge in [0.25, 0.3) is 0 Å². The predicted octanol–water partition coefficient (Wildman–Crippen LogP) is 3.25. The second kappa shape index (κ2) is 6.51. The lowest BCUT2D eigenvalue weighted by atomic mass is 10.2. The second-order valence-corrected chi connectivity index (χ2v) is 4.36. The highest BCUT2D eigenvalue weighted by atomic mass is 16.6. The number of rotatable bonds is 5. The molecule has 0 bridgehead atoms. The first-order chi connectivity index (χ1) is 10.0. The topological polar surface area (TPSA) is 82.6 Å². The van der Waals surface area contributed by atoms with Crippen molar-refractivity contribution in [2.75, 3.05) is 0 Å². The Kier molecular flexibility index (Phi) is 4.50. The molecule has 0 aliphatic carbocycles. The van der Waals surface area contributed by atoms with Gasteiger partial charge in [-0.05, 0) is 24.6 Å². The number of esters is 1. The van der Waals surface area contributed by atoms with Gasteiger partial charge in [-0.25, -0.2) is 4.79 Å². The third-order valence-electron chi connectivity index (χ3n) is 2.68. The van der Waals surface area contributed by atoms with Crippen LogP contribution in [0.15, 0.2) is 46.9 Å². The minimum atomic E-state index is -0.646. The van der Waals surface area contributed by atoms with Gasteiger partial charge in [0, 0.05) is 6.08 Å². The van der Waals surface area contributed by atoms with Gasteiger partial charge in [0.15, 0.2) is 0 Å². The third-order valence-corrected chi connectivity index (χ3v) is 2.68. The zero-order valence-corrected chi connectivity index (χ0v) is 11.3. The fourth-order valence-corrected chi connectivity index (χ4v) is 1.57. The molecule has 2 rings (SSSR count).